The molecule has 0 amide bonds. The third-order valence-electron chi connectivity index (χ3n) is 4.37. The number of anilines is 1. The van der Waals surface area contributed by atoms with Gasteiger partial charge in [-0.15, -0.1) is 0 Å². The van der Waals surface area contributed by atoms with Gasteiger partial charge in [0.25, 0.3) is 0 Å². The van der Waals surface area contributed by atoms with Gasteiger partial charge in [0.05, 0.1) is 17.5 Å². The summed E-state index contributed by atoms with van der Waals surface area (Å²) < 4.78 is 52.1. The van der Waals surface area contributed by atoms with E-state index in [0.29, 0.717) is 23.5 Å². The second-order valence-corrected chi connectivity index (χ2v) is 6.47. The zero-order valence-corrected chi connectivity index (χ0v) is 14.8. The molecule has 0 saturated heterocycles. The molecule has 3 aromatic rings. The molecule has 1 unspecified atom stereocenters. The first kappa shape index (κ1) is 19.6. The van der Waals surface area contributed by atoms with Gasteiger partial charge in [0.15, 0.2) is 12.0 Å². The Kier molecular flexibility index (Phi) is 5.22. The zero-order chi connectivity index (χ0) is 20.4. The predicted molar refractivity (Wildman–Crippen MR) is 97.3 cm³/mol. The number of rotatable bonds is 6. The normalized spacial score (nSPS) is 13.8. The lowest BCUT2D eigenvalue weighted by Gasteiger charge is -2.14. The van der Waals surface area contributed by atoms with E-state index < -0.39 is 17.4 Å². The molecule has 0 fully saturated rings. The minimum Gasteiger partial charge on any atom is -0.381 e. The molecule has 4 nitrogen and oxygen atoms in total. The lowest BCUT2D eigenvalue weighted by atomic mass is 9.99. The van der Waals surface area contributed by atoms with E-state index in [1.807, 2.05) is 0 Å². The van der Waals surface area contributed by atoms with Crippen LogP contribution < -0.4 is 5.32 Å². The van der Waals surface area contributed by atoms with Gasteiger partial charge in [-0.05, 0) is 42.3 Å². The van der Waals surface area contributed by atoms with Crippen molar-refractivity contribution in [1.82, 2.24) is 10.2 Å². The molecule has 2 aromatic carbocycles. The van der Waals surface area contributed by atoms with E-state index in [4.69, 9.17) is 0 Å². The Morgan fingerprint density at radius 2 is 1.61 bits per heavy atom. The van der Waals surface area contributed by atoms with Gasteiger partial charge in [0, 0.05) is 17.8 Å². The minimum atomic E-state index is -4.39. The van der Waals surface area contributed by atoms with Crippen molar-refractivity contribution in [3.63, 3.8) is 0 Å². The lowest BCUT2D eigenvalue weighted by Crippen LogP contribution is -2.16. The summed E-state index contributed by atoms with van der Waals surface area (Å²) in [6, 6.07) is 11.1. The number of nitrogens with zero attached hydrogens (tertiary/aromatic N) is 1. The van der Waals surface area contributed by atoms with Gasteiger partial charge in [0.1, 0.15) is 0 Å². The monoisotopic (exact) mass is 391 g/mol. The summed E-state index contributed by atoms with van der Waals surface area (Å²) in [4.78, 5) is 10.8. The number of carbonyl (C=O) groups is 1. The van der Waals surface area contributed by atoms with E-state index in [1.165, 1.54) is 31.2 Å². The fraction of sp³-hybridized carbons (Fsp3) is 0.200. The molecule has 146 valence electrons. The van der Waals surface area contributed by atoms with Crippen molar-refractivity contribution >= 4 is 12.0 Å². The highest BCUT2D eigenvalue weighted by molar-refractivity contribution is 5.66. The SMILES string of the molecule is CC(F)(C=O)c1ccc(NCc2cn[nH]c2-c2ccc(C(F)(F)F)cc2)cc1. The molecule has 2 N–H and O–H groups in total. The number of alkyl halides is 4. The molecule has 3 rings (SSSR count). The van der Waals surface area contributed by atoms with Crippen LogP contribution in [0, 0.1) is 0 Å². The van der Waals surface area contributed by atoms with Crippen LogP contribution in [0.25, 0.3) is 11.3 Å². The third-order valence-corrected chi connectivity index (χ3v) is 4.37. The molecule has 1 atom stereocenters. The summed E-state index contributed by atoms with van der Waals surface area (Å²) in [7, 11) is 0. The van der Waals surface area contributed by atoms with Crippen molar-refractivity contribution in [2.24, 2.45) is 0 Å². The van der Waals surface area contributed by atoms with Crippen molar-refractivity contribution in [1.29, 1.82) is 0 Å². The second-order valence-electron chi connectivity index (χ2n) is 6.47. The average Bonchev–Trinajstić information content (AvgIpc) is 3.15. The van der Waals surface area contributed by atoms with Crippen LogP contribution in [0.2, 0.25) is 0 Å². The van der Waals surface area contributed by atoms with Crippen molar-refractivity contribution in [3.8, 4) is 11.3 Å². The number of hydrogen-bond acceptors (Lipinski definition) is 3. The Balaban J connectivity index is 1.72. The topological polar surface area (TPSA) is 57.8 Å². The number of H-pyrrole nitrogens is 1. The quantitative estimate of drug-likeness (QED) is 0.455. The van der Waals surface area contributed by atoms with Gasteiger partial charge in [-0.3, -0.25) is 9.89 Å². The maximum Gasteiger partial charge on any atom is 0.416 e. The van der Waals surface area contributed by atoms with E-state index >= 15 is 0 Å². The molecule has 0 bridgehead atoms. The van der Waals surface area contributed by atoms with E-state index in [0.717, 1.165) is 17.7 Å². The number of hydrogen-bond donors (Lipinski definition) is 2. The maximum atomic E-state index is 14.0. The number of aldehydes is 1. The molecule has 0 aliphatic rings. The molecule has 0 radical (unpaired) electrons. The van der Waals surface area contributed by atoms with Crippen LogP contribution in [-0.2, 0) is 23.2 Å². The number of aromatic amines is 1. The molecule has 8 heteroatoms. The number of aromatic nitrogens is 2. The molecule has 0 spiro atoms. The summed E-state index contributed by atoms with van der Waals surface area (Å²) in [5.41, 5.74) is 0.135. The molecular weight excluding hydrogens is 374 g/mol. The summed E-state index contributed by atoms with van der Waals surface area (Å²) in [6.07, 6.45) is -2.56. The van der Waals surface area contributed by atoms with Crippen LogP contribution in [0.3, 0.4) is 0 Å². The standard InChI is InChI=1S/C20H17F4N3O/c1-19(21,12-28)15-6-8-17(9-7-15)25-10-14-11-26-27-18(14)13-2-4-16(5-3-13)20(22,23)24/h2-9,11-12,25H,10H2,1H3,(H,26,27). The van der Waals surface area contributed by atoms with Gasteiger partial charge in [-0.2, -0.15) is 18.3 Å². The fourth-order valence-electron chi connectivity index (χ4n) is 2.70. The fourth-order valence-corrected chi connectivity index (χ4v) is 2.70. The van der Waals surface area contributed by atoms with Gasteiger partial charge < -0.3 is 5.32 Å². The molecule has 0 saturated carbocycles. The summed E-state index contributed by atoms with van der Waals surface area (Å²) in [5, 5.41) is 9.90. The van der Waals surface area contributed by atoms with Crippen molar-refractivity contribution in [2.45, 2.75) is 25.3 Å². The van der Waals surface area contributed by atoms with Crippen molar-refractivity contribution in [3.05, 3.63) is 71.4 Å². The third kappa shape index (κ3) is 4.21. The molecule has 0 aliphatic heterocycles. The highest BCUT2D eigenvalue weighted by atomic mass is 19.4. The first-order chi connectivity index (χ1) is 13.2. The van der Waals surface area contributed by atoms with Crippen molar-refractivity contribution in [2.75, 3.05) is 5.32 Å². The highest BCUT2D eigenvalue weighted by Crippen LogP contribution is 2.31. The first-order valence-electron chi connectivity index (χ1n) is 8.40. The van der Waals surface area contributed by atoms with E-state index in [1.54, 1.807) is 18.3 Å². The van der Waals surface area contributed by atoms with Gasteiger partial charge in [-0.1, -0.05) is 24.3 Å². The van der Waals surface area contributed by atoms with Crippen LogP contribution in [0.5, 0.6) is 0 Å². The molecule has 28 heavy (non-hydrogen) atoms. The van der Waals surface area contributed by atoms with Crippen LogP contribution in [-0.4, -0.2) is 16.5 Å². The average molecular weight is 391 g/mol. The van der Waals surface area contributed by atoms with E-state index in [2.05, 4.69) is 15.5 Å². The van der Waals surface area contributed by atoms with E-state index in [-0.39, 0.29) is 11.8 Å². The Bertz CT molecular complexity index is 945. The van der Waals surface area contributed by atoms with Crippen LogP contribution in [0.1, 0.15) is 23.6 Å². The lowest BCUT2D eigenvalue weighted by molar-refractivity contribution is -0.137. The van der Waals surface area contributed by atoms with Crippen LogP contribution >= 0.6 is 0 Å². The van der Waals surface area contributed by atoms with Gasteiger partial charge >= 0.3 is 6.18 Å². The highest BCUT2D eigenvalue weighted by Gasteiger charge is 2.30. The molecule has 1 heterocycles. The van der Waals surface area contributed by atoms with Crippen molar-refractivity contribution < 1.29 is 22.4 Å². The molecule has 0 aliphatic carbocycles. The smallest absolute Gasteiger partial charge is 0.381 e. The van der Waals surface area contributed by atoms with Gasteiger partial charge in [0.2, 0.25) is 0 Å². The van der Waals surface area contributed by atoms with Crippen LogP contribution in [0.15, 0.2) is 54.7 Å². The molecule has 1 aromatic heterocycles. The largest absolute Gasteiger partial charge is 0.416 e. The summed E-state index contributed by atoms with van der Waals surface area (Å²) >= 11 is 0. The number of benzene rings is 2. The molecular formula is C20H17F4N3O. The zero-order valence-electron chi connectivity index (χ0n) is 14.8. The Morgan fingerprint density at radius 1 is 1.00 bits per heavy atom. The van der Waals surface area contributed by atoms with E-state index in [9.17, 15) is 22.4 Å². The predicted octanol–water partition coefficient (Wildman–Crippen LogP) is 5.09. The second kappa shape index (κ2) is 7.46. The Hall–Kier alpha value is -3.16. The number of halogens is 4. The summed E-state index contributed by atoms with van der Waals surface area (Å²) in [6.45, 7) is 1.54. The number of carbonyl (C=O) groups excluding carboxylic acids is 1. The first-order valence-corrected chi connectivity index (χ1v) is 8.40. The Labute approximate surface area is 158 Å². The number of nitrogens with one attached hydrogen (secondary N) is 2. The van der Waals surface area contributed by atoms with Gasteiger partial charge in [-0.25, -0.2) is 4.39 Å². The Morgan fingerprint density at radius 3 is 2.18 bits per heavy atom. The van der Waals surface area contributed by atoms with Crippen LogP contribution in [0.4, 0.5) is 23.2 Å². The maximum absolute atomic E-state index is 14.0. The summed E-state index contributed by atoms with van der Waals surface area (Å²) in [5.74, 6) is 0. The minimum absolute atomic E-state index is 0.247.